The van der Waals surface area contributed by atoms with Crippen LogP contribution in [0.1, 0.15) is 12.5 Å². The monoisotopic (exact) mass is 243 g/mol. The van der Waals surface area contributed by atoms with Crippen LogP contribution in [0, 0.1) is 0 Å². The van der Waals surface area contributed by atoms with E-state index in [-0.39, 0.29) is 11.7 Å². The Hall–Kier alpha value is -1.26. The molecule has 1 aromatic carbocycles. The van der Waals surface area contributed by atoms with Crippen LogP contribution in [0.3, 0.4) is 0 Å². The van der Waals surface area contributed by atoms with Gasteiger partial charge < -0.3 is 15.2 Å². The maximum Gasteiger partial charge on any atom is 0.322 e. The van der Waals surface area contributed by atoms with Crippen molar-refractivity contribution in [3.63, 3.8) is 0 Å². The molecule has 0 radical (unpaired) electrons. The molecule has 1 rings (SSSR count). The van der Waals surface area contributed by atoms with E-state index in [0.717, 1.165) is 0 Å². The third-order valence-electron chi connectivity index (χ3n) is 2.23. The minimum Gasteiger partial charge on any atom is -0.508 e. The van der Waals surface area contributed by atoms with Crippen LogP contribution in [-0.4, -0.2) is 24.2 Å². The summed E-state index contributed by atoms with van der Waals surface area (Å²) in [5.74, 6) is -0.247. The van der Waals surface area contributed by atoms with E-state index in [1.165, 1.54) is 7.11 Å². The third-order valence-corrected chi connectivity index (χ3v) is 2.59. The Morgan fingerprint density at radius 3 is 2.88 bits per heavy atom. The highest BCUT2D eigenvalue weighted by molar-refractivity contribution is 6.31. The predicted octanol–water partition coefficient (Wildman–Crippen LogP) is 1.70. The molecule has 0 aliphatic carbocycles. The lowest BCUT2D eigenvalue weighted by molar-refractivity contribution is -0.142. The van der Waals surface area contributed by atoms with Crippen LogP contribution in [0.5, 0.6) is 5.75 Å². The van der Waals surface area contributed by atoms with Crippen molar-refractivity contribution in [2.45, 2.75) is 19.5 Å². The lowest BCUT2D eigenvalue weighted by atomic mass is 10.2. The summed E-state index contributed by atoms with van der Waals surface area (Å²) in [4.78, 5) is 11.1. The van der Waals surface area contributed by atoms with E-state index in [1.807, 2.05) is 0 Å². The van der Waals surface area contributed by atoms with E-state index in [0.29, 0.717) is 17.1 Å². The molecule has 0 heterocycles. The first-order valence-electron chi connectivity index (χ1n) is 4.83. The van der Waals surface area contributed by atoms with E-state index in [1.54, 1.807) is 25.1 Å². The highest BCUT2D eigenvalue weighted by Crippen LogP contribution is 2.24. The number of hydrogen-bond donors (Lipinski definition) is 2. The minimum absolute atomic E-state index is 0.108. The molecule has 5 heteroatoms. The Labute approximate surface area is 99.2 Å². The van der Waals surface area contributed by atoms with Gasteiger partial charge in [-0.1, -0.05) is 17.7 Å². The summed E-state index contributed by atoms with van der Waals surface area (Å²) in [5, 5.41) is 12.9. The molecule has 0 bridgehead atoms. The molecule has 0 aliphatic heterocycles. The number of carbonyl (C=O) groups is 1. The van der Waals surface area contributed by atoms with Gasteiger partial charge in [0.15, 0.2) is 0 Å². The number of phenolic OH excluding ortho intramolecular Hbond substituents is 1. The fraction of sp³-hybridized carbons (Fsp3) is 0.364. The fourth-order valence-corrected chi connectivity index (χ4v) is 1.47. The largest absolute Gasteiger partial charge is 0.508 e. The van der Waals surface area contributed by atoms with E-state index < -0.39 is 6.04 Å². The number of phenols is 1. The molecular formula is C11H14ClNO3. The summed E-state index contributed by atoms with van der Waals surface area (Å²) in [7, 11) is 1.33. The second-order valence-corrected chi connectivity index (χ2v) is 3.77. The maximum absolute atomic E-state index is 11.1. The third kappa shape index (κ3) is 3.12. The highest BCUT2D eigenvalue weighted by atomic mass is 35.5. The number of carbonyl (C=O) groups excluding carboxylic acids is 1. The second kappa shape index (κ2) is 5.72. The summed E-state index contributed by atoms with van der Waals surface area (Å²) >= 11 is 5.91. The first-order chi connectivity index (χ1) is 7.56. The van der Waals surface area contributed by atoms with Crippen molar-refractivity contribution in [3.05, 3.63) is 28.8 Å². The van der Waals surface area contributed by atoms with E-state index in [2.05, 4.69) is 10.1 Å². The van der Waals surface area contributed by atoms with E-state index in [9.17, 15) is 9.90 Å². The summed E-state index contributed by atoms with van der Waals surface area (Å²) in [6.45, 7) is 1.99. The number of halogens is 1. The van der Waals surface area contributed by atoms with Gasteiger partial charge in [-0.25, -0.2) is 0 Å². The number of benzene rings is 1. The number of methoxy groups -OCH3 is 1. The van der Waals surface area contributed by atoms with Gasteiger partial charge in [0.2, 0.25) is 0 Å². The van der Waals surface area contributed by atoms with Crippen LogP contribution >= 0.6 is 11.6 Å². The van der Waals surface area contributed by atoms with Gasteiger partial charge in [0.1, 0.15) is 11.8 Å². The lowest BCUT2D eigenvalue weighted by Gasteiger charge is -2.13. The fourth-order valence-electron chi connectivity index (χ4n) is 1.24. The Morgan fingerprint density at radius 2 is 2.31 bits per heavy atom. The zero-order chi connectivity index (χ0) is 12.1. The van der Waals surface area contributed by atoms with Crippen LogP contribution in [0.15, 0.2) is 18.2 Å². The molecule has 88 valence electrons. The number of ether oxygens (including phenoxy) is 1. The van der Waals surface area contributed by atoms with Gasteiger partial charge in [-0.3, -0.25) is 4.79 Å². The number of aromatic hydroxyl groups is 1. The van der Waals surface area contributed by atoms with Crippen molar-refractivity contribution in [1.29, 1.82) is 0 Å². The minimum atomic E-state index is -0.444. The molecule has 0 saturated carbocycles. The smallest absolute Gasteiger partial charge is 0.322 e. The maximum atomic E-state index is 11.1. The Morgan fingerprint density at radius 1 is 1.62 bits per heavy atom. The van der Waals surface area contributed by atoms with Crippen LogP contribution in [0.2, 0.25) is 5.02 Å². The molecular weight excluding hydrogens is 230 g/mol. The van der Waals surface area contributed by atoms with E-state index >= 15 is 0 Å². The lowest BCUT2D eigenvalue weighted by Crippen LogP contribution is -2.34. The Balaban J connectivity index is 2.64. The molecule has 0 saturated heterocycles. The van der Waals surface area contributed by atoms with Crippen LogP contribution in [0.25, 0.3) is 0 Å². The van der Waals surface area contributed by atoms with Crippen molar-refractivity contribution in [2.24, 2.45) is 0 Å². The zero-order valence-electron chi connectivity index (χ0n) is 9.16. The van der Waals surface area contributed by atoms with Crippen LogP contribution < -0.4 is 5.32 Å². The number of hydrogen-bond acceptors (Lipinski definition) is 4. The second-order valence-electron chi connectivity index (χ2n) is 3.36. The Bertz CT molecular complexity index is 361. The van der Waals surface area contributed by atoms with Crippen molar-refractivity contribution in [3.8, 4) is 5.75 Å². The predicted molar refractivity (Wildman–Crippen MR) is 61.4 cm³/mol. The van der Waals surface area contributed by atoms with Gasteiger partial charge in [-0.05, 0) is 19.1 Å². The number of rotatable bonds is 4. The SMILES string of the molecule is COC(=O)[C@H](C)NCc1c(O)cccc1Cl. The zero-order valence-corrected chi connectivity index (χ0v) is 9.91. The number of esters is 1. The van der Waals surface area contributed by atoms with Gasteiger partial charge >= 0.3 is 5.97 Å². The van der Waals surface area contributed by atoms with Crippen LogP contribution in [-0.2, 0) is 16.1 Å². The van der Waals surface area contributed by atoms with Crippen molar-refractivity contribution in [2.75, 3.05) is 7.11 Å². The molecule has 0 unspecified atom stereocenters. The van der Waals surface area contributed by atoms with Crippen molar-refractivity contribution in [1.82, 2.24) is 5.32 Å². The van der Waals surface area contributed by atoms with Gasteiger partial charge in [0, 0.05) is 17.1 Å². The molecule has 2 N–H and O–H groups in total. The topological polar surface area (TPSA) is 58.6 Å². The molecule has 16 heavy (non-hydrogen) atoms. The summed E-state index contributed by atoms with van der Waals surface area (Å²) in [6.07, 6.45) is 0. The average molecular weight is 244 g/mol. The van der Waals surface area contributed by atoms with Gasteiger partial charge in [0.25, 0.3) is 0 Å². The number of nitrogens with one attached hydrogen (secondary N) is 1. The molecule has 1 atom stereocenters. The normalized spacial score (nSPS) is 12.2. The molecule has 1 aromatic rings. The van der Waals surface area contributed by atoms with Crippen molar-refractivity contribution < 1.29 is 14.6 Å². The summed E-state index contributed by atoms with van der Waals surface area (Å²) in [6, 6.07) is 4.44. The molecule has 0 aromatic heterocycles. The molecule has 0 spiro atoms. The molecule has 0 fully saturated rings. The van der Waals surface area contributed by atoms with Gasteiger partial charge in [0.05, 0.1) is 7.11 Å². The van der Waals surface area contributed by atoms with Gasteiger partial charge in [-0.2, -0.15) is 0 Å². The van der Waals surface area contributed by atoms with Crippen LogP contribution in [0.4, 0.5) is 0 Å². The highest BCUT2D eigenvalue weighted by Gasteiger charge is 2.13. The standard InChI is InChI=1S/C11H14ClNO3/c1-7(11(15)16-2)13-6-8-9(12)4-3-5-10(8)14/h3-5,7,13-14H,6H2,1-2H3/t7-/m0/s1. The molecule has 0 amide bonds. The molecule has 0 aliphatic rings. The van der Waals surface area contributed by atoms with E-state index in [4.69, 9.17) is 11.6 Å². The molecule has 4 nitrogen and oxygen atoms in total. The average Bonchev–Trinajstić information content (AvgIpc) is 2.27. The first kappa shape index (κ1) is 12.8. The first-order valence-corrected chi connectivity index (χ1v) is 5.21. The summed E-state index contributed by atoms with van der Waals surface area (Å²) in [5.41, 5.74) is 0.569. The van der Waals surface area contributed by atoms with Gasteiger partial charge in [-0.15, -0.1) is 0 Å². The quantitative estimate of drug-likeness (QED) is 0.791. The van der Waals surface area contributed by atoms with Crippen molar-refractivity contribution >= 4 is 17.6 Å². The Kier molecular flexibility index (Phi) is 4.58. The summed E-state index contributed by atoms with van der Waals surface area (Å²) < 4.78 is 4.56.